The second kappa shape index (κ2) is 6.09. The van der Waals surface area contributed by atoms with E-state index in [0.29, 0.717) is 0 Å². The molecule has 1 heterocycles. The van der Waals surface area contributed by atoms with Gasteiger partial charge in [0.25, 0.3) is 0 Å². The molecule has 0 spiro atoms. The molecule has 1 saturated carbocycles. The molecule has 0 aromatic heterocycles. The molecule has 0 atom stereocenters. The first-order valence-corrected chi connectivity index (χ1v) is 6.69. The molecule has 0 aromatic carbocycles. The second-order valence-electron chi connectivity index (χ2n) is 4.99. The van der Waals surface area contributed by atoms with E-state index in [2.05, 4.69) is 28.9 Å². The smallest absolute Gasteiger partial charge is 0.0303 e. The Morgan fingerprint density at radius 2 is 1.81 bits per heavy atom. The van der Waals surface area contributed by atoms with E-state index in [1.165, 1.54) is 37.8 Å². The fourth-order valence-electron chi connectivity index (χ4n) is 2.63. The topological polar surface area (TPSA) is 15.3 Å². The van der Waals surface area contributed by atoms with Crippen LogP contribution in [0.3, 0.4) is 0 Å². The molecule has 0 aromatic rings. The maximum Gasteiger partial charge on any atom is 0.0303 e. The van der Waals surface area contributed by atoms with Crippen LogP contribution in [0, 0.1) is 5.92 Å². The Kier molecular flexibility index (Phi) is 4.46. The minimum atomic E-state index is 0.813. The van der Waals surface area contributed by atoms with Crippen molar-refractivity contribution >= 4 is 0 Å². The van der Waals surface area contributed by atoms with Gasteiger partial charge in [0, 0.05) is 31.9 Å². The van der Waals surface area contributed by atoms with E-state index in [1.54, 1.807) is 0 Å². The Morgan fingerprint density at radius 3 is 2.50 bits per heavy atom. The van der Waals surface area contributed by atoms with Crippen molar-refractivity contribution in [2.75, 3.05) is 26.2 Å². The van der Waals surface area contributed by atoms with E-state index in [-0.39, 0.29) is 0 Å². The van der Waals surface area contributed by atoms with Crippen LogP contribution in [-0.2, 0) is 0 Å². The predicted molar refractivity (Wildman–Crippen MR) is 69.3 cm³/mol. The van der Waals surface area contributed by atoms with E-state index in [4.69, 9.17) is 0 Å². The standard InChI is InChI=1S/C14H24N2/c1-13(16-11-9-15-10-12-16)7-8-14-5-3-2-4-6-14/h7-8,14-15H,1-6,9-12H2/b8-7+. The molecule has 0 radical (unpaired) electrons. The molecule has 1 aliphatic carbocycles. The Balaban J connectivity index is 1.78. The number of nitrogens with one attached hydrogen (secondary N) is 1. The van der Waals surface area contributed by atoms with E-state index < -0.39 is 0 Å². The van der Waals surface area contributed by atoms with Crippen molar-refractivity contribution in [1.82, 2.24) is 10.2 Å². The lowest BCUT2D eigenvalue weighted by Gasteiger charge is -2.30. The number of hydrogen-bond donors (Lipinski definition) is 1. The summed E-state index contributed by atoms with van der Waals surface area (Å²) in [5, 5.41) is 3.37. The van der Waals surface area contributed by atoms with Crippen LogP contribution < -0.4 is 5.32 Å². The Morgan fingerprint density at radius 1 is 1.12 bits per heavy atom. The molecular formula is C14H24N2. The first-order valence-electron chi connectivity index (χ1n) is 6.69. The van der Waals surface area contributed by atoms with Crippen LogP contribution in [0.2, 0.25) is 0 Å². The average Bonchev–Trinajstić information content (AvgIpc) is 2.38. The fourth-order valence-corrected chi connectivity index (χ4v) is 2.63. The third-order valence-electron chi connectivity index (χ3n) is 3.73. The van der Waals surface area contributed by atoms with Crippen molar-refractivity contribution in [3.05, 3.63) is 24.4 Å². The highest BCUT2D eigenvalue weighted by Crippen LogP contribution is 2.25. The normalized spacial score (nSPS) is 23.9. The average molecular weight is 220 g/mol. The van der Waals surface area contributed by atoms with Crippen molar-refractivity contribution in [2.24, 2.45) is 5.92 Å². The van der Waals surface area contributed by atoms with Crippen LogP contribution in [-0.4, -0.2) is 31.1 Å². The molecule has 1 saturated heterocycles. The van der Waals surface area contributed by atoms with Crippen LogP contribution in [0.1, 0.15) is 32.1 Å². The van der Waals surface area contributed by atoms with Gasteiger partial charge in [0.1, 0.15) is 0 Å². The minimum Gasteiger partial charge on any atom is -0.369 e. The minimum absolute atomic E-state index is 0.813. The molecule has 0 bridgehead atoms. The summed E-state index contributed by atoms with van der Waals surface area (Å²) < 4.78 is 0. The van der Waals surface area contributed by atoms with Gasteiger partial charge in [-0.25, -0.2) is 0 Å². The van der Waals surface area contributed by atoms with E-state index >= 15 is 0 Å². The monoisotopic (exact) mass is 220 g/mol. The van der Waals surface area contributed by atoms with E-state index in [1.807, 2.05) is 0 Å². The van der Waals surface area contributed by atoms with Crippen molar-refractivity contribution in [1.29, 1.82) is 0 Å². The maximum absolute atomic E-state index is 4.17. The molecule has 2 nitrogen and oxygen atoms in total. The molecule has 16 heavy (non-hydrogen) atoms. The lowest BCUT2D eigenvalue weighted by atomic mass is 9.89. The van der Waals surface area contributed by atoms with Crippen molar-refractivity contribution in [3.63, 3.8) is 0 Å². The summed E-state index contributed by atoms with van der Waals surface area (Å²) >= 11 is 0. The third kappa shape index (κ3) is 3.38. The lowest BCUT2D eigenvalue weighted by Crippen LogP contribution is -2.42. The van der Waals surface area contributed by atoms with Crippen LogP contribution in [0.4, 0.5) is 0 Å². The first-order chi connectivity index (χ1) is 7.86. The summed E-state index contributed by atoms with van der Waals surface area (Å²) in [7, 11) is 0. The summed E-state index contributed by atoms with van der Waals surface area (Å²) in [5.74, 6) is 0.813. The number of piperazine rings is 1. The number of hydrogen-bond acceptors (Lipinski definition) is 2. The molecule has 2 heteroatoms. The molecule has 1 N–H and O–H groups in total. The van der Waals surface area contributed by atoms with E-state index in [0.717, 1.165) is 32.1 Å². The largest absolute Gasteiger partial charge is 0.369 e. The molecule has 0 amide bonds. The highest BCUT2D eigenvalue weighted by molar-refractivity contribution is 5.15. The highest BCUT2D eigenvalue weighted by Gasteiger charge is 2.12. The third-order valence-corrected chi connectivity index (χ3v) is 3.73. The zero-order valence-corrected chi connectivity index (χ0v) is 10.3. The molecular weight excluding hydrogens is 196 g/mol. The molecule has 2 rings (SSSR count). The van der Waals surface area contributed by atoms with Crippen LogP contribution >= 0.6 is 0 Å². The van der Waals surface area contributed by atoms with E-state index in [9.17, 15) is 0 Å². The van der Waals surface area contributed by atoms with Gasteiger partial charge in [0.2, 0.25) is 0 Å². The highest BCUT2D eigenvalue weighted by atomic mass is 15.2. The first kappa shape index (κ1) is 11.7. The second-order valence-corrected chi connectivity index (χ2v) is 4.99. The maximum atomic E-state index is 4.17. The molecule has 90 valence electrons. The number of nitrogens with zero attached hydrogens (tertiary/aromatic N) is 1. The Hall–Kier alpha value is -0.760. The summed E-state index contributed by atoms with van der Waals surface area (Å²) in [4.78, 5) is 2.38. The predicted octanol–water partition coefficient (Wildman–Crippen LogP) is 2.54. The van der Waals surface area contributed by atoms with Gasteiger partial charge in [-0.1, -0.05) is 31.9 Å². The van der Waals surface area contributed by atoms with Gasteiger partial charge >= 0.3 is 0 Å². The number of allylic oxidation sites excluding steroid dienone is 2. The van der Waals surface area contributed by atoms with Gasteiger partial charge in [-0.3, -0.25) is 0 Å². The van der Waals surface area contributed by atoms with Gasteiger partial charge < -0.3 is 10.2 Å². The Bertz CT molecular complexity index is 245. The molecule has 2 aliphatic rings. The lowest BCUT2D eigenvalue weighted by molar-refractivity contribution is 0.308. The zero-order valence-electron chi connectivity index (χ0n) is 10.3. The van der Waals surface area contributed by atoms with Crippen molar-refractivity contribution in [3.8, 4) is 0 Å². The molecule has 0 unspecified atom stereocenters. The van der Waals surface area contributed by atoms with Crippen molar-refractivity contribution in [2.45, 2.75) is 32.1 Å². The molecule has 2 fully saturated rings. The van der Waals surface area contributed by atoms with Gasteiger partial charge in [-0.05, 0) is 24.8 Å². The van der Waals surface area contributed by atoms with Crippen LogP contribution in [0.5, 0.6) is 0 Å². The fraction of sp³-hybridized carbons (Fsp3) is 0.714. The zero-order chi connectivity index (χ0) is 11.2. The van der Waals surface area contributed by atoms with Crippen molar-refractivity contribution < 1.29 is 0 Å². The van der Waals surface area contributed by atoms with Crippen LogP contribution in [0.25, 0.3) is 0 Å². The van der Waals surface area contributed by atoms with Gasteiger partial charge in [0.05, 0.1) is 0 Å². The summed E-state index contributed by atoms with van der Waals surface area (Å²) in [6, 6.07) is 0. The van der Waals surface area contributed by atoms with Gasteiger partial charge in [-0.15, -0.1) is 0 Å². The van der Waals surface area contributed by atoms with Gasteiger partial charge in [0.15, 0.2) is 0 Å². The Labute approximate surface area is 99.4 Å². The summed E-state index contributed by atoms with van der Waals surface area (Å²) in [6.07, 6.45) is 11.7. The number of rotatable bonds is 3. The quantitative estimate of drug-likeness (QED) is 0.735. The summed E-state index contributed by atoms with van der Waals surface area (Å²) in [6.45, 7) is 8.57. The summed E-state index contributed by atoms with van der Waals surface area (Å²) in [5.41, 5.74) is 1.20. The molecule has 1 aliphatic heterocycles. The SMILES string of the molecule is C=C(/C=C/C1CCCCC1)N1CCNCC1. The van der Waals surface area contributed by atoms with Crippen LogP contribution in [0.15, 0.2) is 24.4 Å². The van der Waals surface area contributed by atoms with Gasteiger partial charge in [-0.2, -0.15) is 0 Å².